The van der Waals surface area contributed by atoms with Gasteiger partial charge in [-0.05, 0) is 38.1 Å². The van der Waals surface area contributed by atoms with Crippen LogP contribution in [-0.4, -0.2) is 33.5 Å². The highest BCUT2D eigenvalue weighted by Crippen LogP contribution is 2.39. The Hall–Kier alpha value is -3.09. The van der Waals surface area contributed by atoms with Crippen LogP contribution >= 0.6 is 0 Å². The zero-order chi connectivity index (χ0) is 19.8. The lowest BCUT2D eigenvalue weighted by molar-refractivity contribution is 0.241. The van der Waals surface area contributed by atoms with Crippen LogP contribution in [0.3, 0.4) is 0 Å². The number of nitrogens with one attached hydrogen (secondary N) is 2. The van der Waals surface area contributed by atoms with Gasteiger partial charge in [0.2, 0.25) is 5.75 Å². The van der Waals surface area contributed by atoms with Crippen LogP contribution in [0.2, 0.25) is 0 Å². The molecule has 0 aromatic heterocycles. The Morgan fingerprint density at radius 3 is 2.26 bits per heavy atom. The summed E-state index contributed by atoms with van der Waals surface area (Å²) in [5, 5.41) is 5.61. The molecule has 0 spiro atoms. The van der Waals surface area contributed by atoms with Crippen LogP contribution in [-0.2, 0) is 6.54 Å². The molecular weight excluding hydrogens is 348 g/mol. The van der Waals surface area contributed by atoms with E-state index in [1.807, 2.05) is 38.1 Å². The van der Waals surface area contributed by atoms with Crippen molar-refractivity contribution in [2.75, 3.05) is 26.6 Å². The smallest absolute Gasteiger partial charge is 0.319 e. The summed E-state index contributed by atoms with van der Waals surface area (Å²) in [7, 11) is 4.63. The number of hydrogen-bond acceptors (Lipinski definition) is 5. The van der Waals surface area contributed by atoms with E-state index in [0.29, 0.717) is 28.7 Å². The zero-order valence-electron chi connectivity index (χ0n) is 16.3. The largest absolute Gasteiger partial charge is 0.493 e. The van der Waals surface area contributed by atoms with Crippen LogP contribution in [0.15, 0.2) is 36.4 Å². The summed E-state index contributed by atoms with van der Waals surface area (Å²) in [6, 6.07) is 10.5. The van der Waals surface area contributed by atoms with Crippen LogP contribution in [0.25, 0.3) is 0 Å². The summed E-state index contributed by atoms with van der Waals surface area (Å²) in [6.07, 6.45) is 0.00652. The molecule has 2 aromatic carbocycles. The monoisotopic (exact) mass is 374 g/mol. The fraction of sp³-hybridized carbons (Fsp3) is 0.350. The van der Waals surface area contributed by atoms with E-state index in [1.165, 1.54) is 7.11 Å². The number of ether oxygens (including phenoxy) is 4. The van der Waals surface area contributed by atoms with Gasteiger partial charge in [-0.2, -0.15) is 0 Å². The lowest BCUT2D eigenvalue weighted by Crippen LogP contribution is -2.28. The molecule has 27 heavy (non-hydrogen) atoms. The number of para-hydroxylation sites is 2. The normalized spacial score (nSPS) is 10.3. The molecule has 146 valence electrons. The second kappa shape index (κ2) is 9.56. The van der Waals surface area contributed by atoms with Crippen LogP contribution in [0.5, 0.6) is 23.0 Å². The van der Waals surface area contributed by atoms with Gasteiger partial charge < -0.3 is 29.6 Å². The second-order valence-electron chi connectivity index (χ2n) is 5.96. The summed E-state index contributed by atoms with van der Waals surface area (Å²) in [5.74, 6) is 2.17. The molecular formula is C20H26N2O5. The number of benzene rings is 2. The number of rotatable bonds is 8. The molecule has 0 saturated heterocycles. The van der Waals surface area contributed by atoms with Gasteiger partial charge >= 0.3 is 6.03 Å². The predicted molar refractivity (Wildman–Crippen MR) is 104 cm³/mol. The molecule has 2 N–H and O–H groups in total. The molecule has 0 atom stereocenters. The average Bonchev–Trinajstić information content (AvgIpc) is 2.66. The third kappa shape index (κ3) is 5.20. The van der Waals surface area contributed by atoms with Gasteiger partial charge in [-0.1, -0.05) is 12.1 Å². The number of carbonyl (C=O) groups is 1. The third-order valence-corrected chi connectivity index (χ3v) is 3.72. The van der Waals surface area contributed by atoms with Crippen LogP contribution in [0.1, 0.15) is 19.4 Å². The summed E-state index contributed by atoms with van der Waals surface area (Å²) in [6.45, 7) is 4.11. The van der Waals surface area contributed by atoms with Crippen molar-refractivity contribution in [3.05, 3.63) is 42.0 Å². The van der Waals surface area contributed by atoms with Gasteiger partial charge in [0.1, 0.15) is 5.75 Å². The minimum atomic E-state index is -0.355. The highest BCUT2D eigenvalue weighted by atomic mass is 16.5. The number of hydrogen-bond donors (Lipinski definition) is 2. The lowest BCUT2D eigenvalue weighted by atomic mass is 10.1. The number of methoxy groups -OCH3 is 3. The quantitative estimate of drug-likeness (QED) is 0.734. The van der Waals surface area contributed by atoms with Crippen molar-refractivity contribution in [2.45, 2.75) is 26.5 Å². The van der Waals surface area contributed by atoms with Gasteiger partial charge in [0, 0.05) is 12.1 Å². The topological polar surface area (TPSA) is 78.1 Å². The molecule has 2 rings (SSSR count). The Balaban J connectivity index is 2.08. The highest BCUT2D eigenvalue weighted by Gasteiger charge is 2.16. The Bertz CT molecular complexity index is 777. The Morgan fingerprint density at radius 2 is 1.63 bits per heavy atom. The first-order valence-electron chi connectivity index (χ1n) is 8.58. The van der Waals surface area contributed by atoms with E-state index in [0.717, 1.165) is 5.56 Å². The molecule has 0 aliphatic rings. The third-order valence-electron chi connectivity index (χ3n) is 3.72. The summed E-state index contributed by atoms with van der Waals surface area (Å²) in [4.78, 5) is 12.3. The van der Waals surface area contributed by atoms with Crippen molar-refractivity contribution in [2.24, 2.45) is 0 Å². The highest BCUT2D eigenvalue weighted by molar-refractivity contribution is 5.90. The van der Waals surface area contributed by atoms with Crippen molar-refractivity contribution >= 4 is 11.7 Å². The van der Waals surface area contributed by atoms with E-state index < -0.39 is 0 Å². The summed E-state index contributed by atoms with van der Waals surface area (Å²) < 4.78 is 21.8. The number of amides is 2. The fourth-order valence-electron chi connectivity index (χ4n) is 2.57. The molecule has 0 unspecified atom stereocenters. The number of anilines is 1. The summed E-state index contributed by atoms with van der Waals surface area (Å²) in [5.41, 5.74) is 1.36. The standard InChI is InChI=1S/C20H26N2O5/c1-13(2)27-16-9-7-6-8-15(16)22-20(23)21-12-14-10-11-17(24-3)19(26-5)18(14)25-4/h6-11,13H,12H2,1-5H3,(H2,21,22,23). The molecule has 0 aliphatic heterocycles. The van der Waals surface area contributed by atoms with E-state index in [-0.39, 0.29) is 18.7 Å². The lowest BCUT2D eigenvalue weighted by Gasteiger charge is -2.17. The van der Waals surface area contributed by atoms with E-state index >= 15 is 0 Å². The van der Waals surface area contributed by atoms with Gasteiger partial charge in [0.25, 0.3) is 0 Å². The number of carbonyl (C=O) groups excluding carboxylic acids is 1. The molecule has 0 bridgehead atoms. The Labute approximate surface area is 159 Å². The molecule has 7 heteroatoms. The van der Waals surface area contributed by atoms with Crippen molar-refractivity contribution in [1.82, 2.24) is 5.32 Å². The van der Waals surface area contributed by atoms with Crippen molar-refractivity contribution in [3.63, 3.8) is 0 Å². The van der Waals surface area contributed by atoms with Crippen molar-refractivity contribution in [1.29, 1.82) is 0 Å². The summed E-state index contributed by atoms with van der Waals surface area (Å²) >= 11 is 0. The minimum absolute atomic E-state index is 0.00652. The molecule has 0 fully saturated rings. The van der Waals surface area contributed by atoms with E-state index in [1.54, 1.807) is 26.4 Å². The first-order chi connectivity index (χ1) is 13.0. The van der Waals surface area contributed by atoms with E-state index in [9.17, 15) is 4.79 Å². The molecule has 2 aromatic rings. The molecule has 0 radical (unpaired) electrons. The van der Waals surface area contributed by atoms with Gasteiger partial charge in [-0.25, -0.2) is 4.79 Å². The molecule has 2 amide bonds. The minimum Gasteiger partial charge on any atom is -0.493 e. The van der Waals surface area contributed by atoms with E-state index in [4.69, 9.17) is 18.9 Å². The van der Waals surface area contributed by atoms with Gasteiger partial charge in [0.15, 0.2) is 11.5 Å². The van der Waals surface area contributed by atoms with Crippen LogP contribution in [0, 0.1) is 0 Å². The second-order valence-corrected chi connectivity index (χ2v) is 5.96. The maximum atomic E-state index is 12.3. The molecule has 0 saturated carbocycles. The maximum absolute atomic E-state index is 12.3. The first kappa shape index (κ1) is 20.2. The van der Waals surface area contributed by atoms with Crippen LogP contribution < -0.4 is 29.6 Å². The first-order valence-corrected chi connectivity index (χ1v) is 8.58. The van der Waals surface area contributed by atoms with Crippen LogP contribution in [0.4, 0.5) is 10.5 Å². The molecule has 0 heterocycles. The Kier molecular flexibility index (Phi) is 7.16. The average molecular weight is 374 g/mol. The van der Waals surface area contributed by atoms with Gasteiger partial charge in [0.05, 0.1) is 33.1 Å². The van der Waals surface area contributed by atoms with Gasteiger partial charge in [-0.15, -0.1) is 0 Å². The SMILES string of the molecule is COc1ccc(CNC(=O)Nc2ccccc2OC(C)C)c(OC)c1OC. The molecule has 7 nitrogen and oxygen atoms in total. The Morgan fingerprint density at radius 1 is 0.926 bits per heavy atom. The fourth-order valence-corrected chi connectivity index (χ4v) is 2.57. The van der Waals surface area contributed by atoms with Crippen molar-refractivity contribution < 1.29 is 23.7 Å². The predicted octanol–water partition coefficient (Wildman–Crippen LogP) is 3.82. The van der Waals surface area contributed by atoms with Gasteiger partial charge in [-0.3, -0.25) is 0 Å². The maximum Gasteiger partial charge on any atom is 0.319 e. The van der Waals surface area contributed by atoms with E-state index in [2.05, 4.69) is 10.6 Å². The molecule has 0 aliphatic carbocycles. The zero-order valence-corrected chi connectivity index (χ0v) is 16.3. The number of urea groups is 1. The van der Waals surface area contributed by atoms with Crippen molar-refractivity contribution in [3.8, 4) is 23.0 Å².